The smallest absolute Gasteiger partial charge is 0.326 e. The van der Waals surface area contributed by atoms with Gasteiger partial charge in [-0.05, 0) is 29.0 Å². The van der Waals surface area contributed by atoms with Crippen LogP contribution >= 0.6 is 0 Å². The second-order valence-corrected chi connectivity index (χ2v) is 6.07. The van der Waals surface area contributed by atoms with Gasteiger partial charge in [0.05, 0.1) is 0 Å². The van der Waals surface area contributed by atoms with Crippen molar-refractivity contribution in [3.63, 3.8) is 0 Å². The lowest BCUT2D eigenvalue weighted by Gasteiger charge is -2.27. The molecule has 21 heavy (non-hydrogen) atoms. The first-order valence-corrected chi connectivity index (χ1v) is 7.04. The zero-order chi connectivity index (χ0) is 16.0. The Kier molecular flexibility index (Phi) is 5.70. The van der Waals surface area contributed by atoms with Gasteiger partial charge in [-0.15, -0.1) is 0 Å². The van der Waals surface area contributed by atoms with Gasteiger partial charge in [-0.1, -0.05) is 52.0 Å². The van der Waals surface area contributed by atoms with E-state index in [0.717, 1.165) is 12.0 Å². The number of carboxylic acids is 1. The molecular formula is C17H23NO3. The van der Waals surface area contributed by atoms with Crippen molar-refractivity contribution >= 4 is 18.0 Å². The Morgan fingerprint density at radius 1 is 1.24 bits per heavy atom. The fourth-order valence-corrected chi connectivity index (χ4v) is 1.88. The van der Waals surface area contributed by atoms with Crippen molar-refractivity contribution < 1.29 is 14.7 Å². The number of hydrogen-bond acceptors (Lipinski definition) is 2. The summed E-state index contributed by atoms with van der Waals surface area (Å²) in [6.45, 7) is 7.41. The first-order chi connectivity index (χ1) is 9.74. The molecule has 4 nitrogen and oxygen atoms in total. The highest BCUT2D eigenvalue weighted by atomic mass is 16.4. The van der Waals surface area contributed by atoms with Gasteiger partial charge in [0.1, 0.15) is 6.04 Å². The van der Waals surface area contributed by atoms with Gasteiger partial charge in [-0.25, -0.2) is 4.79 Å². The minimum Gasteiger partial charge on any atom is -0.480 e. The van der Waals surface area contributed by atoms with Crippen molar-refractivity contribution in [2.45, 2.75) is 40.2 Å². The number of aryl methyl sites for hydroxylation is 1. The van der Waals surface area contributed by atoms with Crippen molar-refractivity contribution in [3.8, 4) is 0 Å². The summed E-state index contributed by atoms with van der Waals surface area (Å²) >= 11 is 0. The normalized spacial score (nSPS) is 13.1. The predicted molar refractivity (Wildman–Crippen MR) is 83.9 cm³/mol. The molecule has 0 heterocycles. The van der Waals surface area contributed by atoms with Gasteiger partial charge < -0.3 is 10.4 Å². The van der Waals surface area contributed by atoms with E-state index in [1.807, 2.05) is 24.3 Å². The molecule has 1 rings (SSSR count). The number of nitrogens with one attached hydrogen (secondary N) is 1. The molecule has 0 bridgehead atoms. The maximum Gasteiger partial charge on any atom is 0.326 e. The molecule has 0 aliphatic carbocycles. The Morgan fingerprint density at radius 2 is 1.81 bits per heavy atom. The van der Waals surface area contributed by atoms with E-state index in [4.69, 9.17) is 5.11 Å². The number of carbonyl (C=O) groups is 2. The van der Waals surface area contributed by atoms with Gasteiger partial charge in [-0.3, -0.25) is 4.79 Å². The number of aliphatic carboxylic acids is 1. The lowest BCUT2D eigenvalue weighted by atomic mass is 9.87. The van der Waals surface area contributed by atoms with Crippen molar-refractivity contribution in [2.24, 2.45) is 5.41 Å². The van der Waals surface area contributed by atoms with Crippen LogP contribution in [0.3, 0.4) is 0 Å². The van der Waals surface area contributed by atoms with Crippen LogP contribution < -0.4 is 5.32 Å². The number of amides is 1. The Morgan fingerprint density at radius 3 is 2.24 bits per heavy atom. The van der Waals surface area contributed by atoms with E-state index in [2.05, 4.69) is 12.2 Å². The number of rotatable bonds is 5. The van der Waals surface area contributed by atoms with E-state index in [0.29, 0.717) is 0 Å². The van der Waals surface area contributed by atoms with Crippen molar-refractivity contribution in [1.29, 1.82) is 0 Å². The van der Waals surface area contributed by atoms with Crippen molar-refractivity contribution in [1.82, 2.24) is 5.32 Å². The molecule has 1 aromatic rings. The monoisotopic (exact) mass is 289 g/mol. The Hall–Kier alpha value is -2.10. The fraction of sp³-hybridized carbons (Fsp3) is 0.412. The second-order valence-electron chi connectivity index (χ2n) is 6.07. The van der Waals surface area contributed by atoms with Crippen molar-refractivity contribution in [3.05, 3.63) is 41.5 Å². The molecule has 114 valence electrons. The predicted octanol–water partition coefficient (Wildman–Crippen LogP) is 2.88. The number of benzene rings is 1. The Balaban J connectivity index is 2.71. The highest BCUT2D eigenvalue weighted by molar-refractivity contribution is 5.94. The average Bonchev–Trinajstić information content (AvgIpc) is 2.41. The molecule has 0 fully saturated rings. The lowest BCUT2D eigenvalue weighted by molar-refractivity contribution is -0.144. The molecule has 1 atom stereocenters. The number of carboxylic acid groups (broad SMARTS) is 1. The van der Waals surface area contributed by atoms with Gasteiger partial charge in [0.2, 0.25) is 5.91 Å². The van der Waals surface area contributed by atoms with Crippen LogP contribution in [-0.2, 0) is 16.0 Å². The van der Waals surface area contributed by atoms with E-state index >= 15 is 0 Å². The van der Waals surface area contributed by atoms with Crippen LogP contribution in [0.25, 0.3) is 6.08 Å². The maximum absolute atomic E-state index is 11.8. The quantitative estimate of drug-likeness (QED) is 0.819. The summed E-state index contributed by atoms with van der Waals surface area (Å²) in [5.41, 5.74) is 1.60. The van der Waals surface area contributed by atoms with Gasteiger partial charge in [-0.2, -0.15) is 0 Å². The molecule has 0 radical (unpaired) electrons. The third-order valence-electron chi connectivity index (χ3n) is 3.21. The van der Waals surface area contributed by atoms with E-state index in [-0.39, 0.29) is 0 Å². The van der Waals surface area contributed by atoms with E-state index in [1.54, 1.807) is 26.8 Å². The van der Waals surface area contributed by atoms with Crippen LogP contribution in [0.2, 0.25) is 0 Å². The van der Waals surface area contributed by atoms with Crippen LogP contribution in [0.5, 0.6) is 0 Å². The number of carbonyl (C=O) groups excluding carboxylic acids is 1. The highest BCUT2D eigenvalue weighted by Crippen LogP contribution is 2.19. The van der Waals surface area contributed by atoms with Gasteiger partial charge >= 0.3 is 5.97 Å². The molecule has 0 aliphatic heterocycles. The van der Waals surface area contributed by atoms with Gasteiger partial charge in [0.15, 0.2) is 0 Å². The molecule has 1 amide bonds. The highest BCUT2D eigenvalue weighted by Gasteiger charge is 2.31. The first-order valence-electron chi connectivity index (χ1n) is 7.04. The molecule has 4 heteroatoms. The summed E-state index contributed by atoms with van der Waals surface area (Å²) in [5.74, 6) is -1.44. The summed E-state index contributed by atoms with van der Waals surface area (Å²) in [6.07, 6.45) is 4.01. The third kappa shape index (κ3) is 5.42. The van der Waals surface area contributed by atoms with Crippen LogP contribution in [0.15, 0.2) is 30.3 Å². The largest absolute Gasteiger partial charge is 0.480 e. The fourth-order valence-electron chi connectivity index (χ4n) is 1.88. The zero-order valence-electron chi connectivity index (χ0n) is 13.0. The van der Waals surface area contributed by atoms with Crippen LogP contribution in [0.4, 0.5) is 0 Å². The van der Waals surface area contributed by atoms with Crippen LogP contribution in [0.1, 0.15) is 38.8 Å². The molecule has 0 unspecified atom stereocenters. The summed E-state index contributed by atoms with van der Waals surface area (Å²) in [7, 11) is 0. The summed E-state index contributed by atoms with van der Waals surface area (Å²) in [6, 6.07) is 6.96. The average molecular weight is 289 g/mol. The van der Waals surface area contributed by atoms with Gasteiger partial charge in [0.25, 0.3) is 0 Å². The molecular weight excluding hydrogens is 266 g/mol. The summed E-state index contributed by atoms with van der Waals surface area (Å²) in [5, 5.41) is 11.7. The SMILES string of the molecule is CCc1ccc(/C=C/C(=O)N[C@H](C(=O)O)C(C)(C)C)cc1. The molecule has 0 saturated heterocycles. The summed E-state index contributed by atoms with van der Waals surface area (Å²) in [4.78, 5) is 23.0. The van der Waals surface area contributed by atoms with Crippen LogP contribution in [0, 0.1) is 5.41 Å². The molecule has 1 aromatic carbocycles. The Bertz CT molecular complexity index is 524. The third-order valence-corrected chi connectivity index (χ3v) is 3.21. The Labute approximate surface area is 125 Å². The maximum atomic E-state index is 11.8. The first kappa shape index (κ1) is 17.0. The summed E-state index contributed by atoms with van der Waals surface area (Å²) < 4.78 is 0. The van der Waals surface area contributed by atoms with Gasteiger partial charge in [0, 0.05) is 6.08 Å². The minimum atomic E-state index is -1.03. The topological polar surface area (TPSA) is 66.4 Å². The minimum absolute atomic E-state index is 0.406. The standard InChI is InChI=1S/C17H23NO3/c1-5-12-6-8-13(9-7-12)10-11-14(19)18-15(16(20)21)17(2,3)4/h6-11,15H,5H2,1-4H3,(H,18,19)(H,20,21)/b11-10+/t15-/m1/s1. The molecule has 0 aromatic heterocycles. The van der Waals surface area contributed by atoms with E-state index in [9.17, 15) is 9.59 Å². The molecule has 0 spiro atoms. The molecule has 0 aliphatic rings. The van der Waals surface area contributed by atoms with E-state index < -0.39 is 23.3 Å². The van der Waals surface area contributed by atoms with E-state index in [1.165, 1.54) is 11.6 Å². The second kappa shape index (κ2) is 7.07. The van der Waals surface area contributed by atoms with Crippen LogP contribution in [-0.4, -0.2) is 23.0 Å². The molecule has 2 N–H and O–H groups in total. The van der Waals surface area contributed by atoms with Crippen molar-refractivity contribution in [2.75, 3.05) is 0 Å². The zero-order valence-corrected chi connectivity index (χ0v) is 13.0. The number of hydrogen-bond donors (Lipinski definition) is 2. The lowest BCUT2D eigenvalue weighted by Crippen LogP contribution is -2.48. The molecule has 0 saturated carbocycles.